The van der Waals surface area contributed by atoms with Crippen molar-refractivity contribution in [1.29, 1.82) is 0 Å². The second-order valence-corrected chi connectivity index (χ2v) is 6.62. The molecule has 30 heavy (non-hydrogen) atoms. The van der Waals surface area contributed by atoms with E-state index >= 15 is 0 Å². The van der Waals surface area contributed by atoms with Crippen molar-refractivity contribution < 1.29 is 18.7 Å². The number of anilines is 2. The average molecular weight is 407 g/mol. The lowest BCUT2D eigenvalue weighted by atomic mass is 10.2. The Balaban J connectivity index is 1.47. The van der Waals surface area contributed by atoms with Gasteiger partial charge >= 0.3 is 0 Å². The second kappa shape index (κ2) is 10.7. The number of amides is 2. The van der Waals surface area contributed by atoms with Gasteiger partial charge in [-0.2, -0.15) is 0 Å². The van der Waals surface area contributed by atoms with E-state index in [1.165, 1.54) is 0 Å². The minimum Gasteiger partial charge on any atom is -0.494 e. The SMILES string of the molecule is CCCOc1ccc(NCC(=O)Nc2cccc(C(=O)NCc3ccco3)c2)cc1. The van der Waals surface area contributed by atoms with E-state index in [-0.39, 0.29) is 18.4 Å². The zero-order valence-corrected chi connectivity index (χ0v) is 16.8. The van der Waals surface area contributed by atoms with Crippen molar-refractivity contribution in [1.82, 2.24) is 5.32 Å². The van der Waals surface area contributed by atoms with Crippen LogP contribution >= 0.6 is 0 Å². The average Bonchev–Trinajstić information content (AvgIpc) is 3.29. The predicted molar refractivity (Wildman–Crippen MR) is 116 cm³/mol. The third-order valence-electron chi connectivity index (χ3n) is 4.19. The fourth-order valence-corrected chi connectivity index (χ4v) is 2.70. The van der Waals surface area contributed by atoms with E-state index in [1.54, 1.807) is 42.7 Å². The van der Waals surface area contributed by atoms with Crippen LogP contribution in [0.15, 0.2) is 71.3 Å². The van der Waals surface area contributed by atoms with E-state index < -0.39 is 0 Å². The van der Waals surface area contributed by atoms with Gasteiger partial charge in [0.1, 0.15) is 11.5 Å². The highest BCUT2D eigenvalue weighted by atomic mass is 16.5. The second-order valence-electron chi connectivity index (χ2n) is 6.62. The molecule has 7 nitrogen and oxygen atoms in total. The molecule has 0 aliphatic rings. The lowest BCUT2D eigenvalue weighted by Crippen LogP contribution is -2.24. The summed E-state index contributed by atoms with van der Waals surface area (Å²) in [5.41, 5.74) is 1.82. The lowest BCUT2D eigenvalue weighted by Gasteiger charge is -2.10. The molecule has 0 saturated carbocycles. The molecular formula is C23H25N3O4. The van der Waals surface area contributed by atoms with E-state index in [2.05, 4.69) is 22.9 Å². The Kier molecular flexibility index (Phi) is 7.49. The van der Waals surface area contributed by atoms with Crippen LogP contribution in [-0.4, -0.2) is 25.0 Å². The van der Waals surface area contributed by atoms with E-state index in [1.807, 2.05) is 24.3 Å². The van der Waals surface area contributed by atoms with E-state index in [9.17, 15) is 9.59 Å². The van der Waals surface area contributed by atoms with Crippen molar-refractivity contribution in [3.8, 4) is 5.75 Å². The van der Waals surface area contributed by atoms with Crippen molar-refractivity contribution in [2.45, 2.75) is 19.9 Å². The number of nitrogens with one attached hydrogen (secondary N) is 3. The molecule has 0 unspecified atom stereocenters. The number of furan rings is 1. The molecule has 0 saturated heterocycles. The number of ether oxygens (including phenoxy) is 1. The summed E-state index contributed by atoms with van der Waals surface area (Å²) < 4.78 is 10.7. The largest absolute Gasteiger partial charge is 0.494 e. The summed E-state index contributed by atoms with van der Waals surface area (Å²) in [5, 5.41) is 8.63. The van der Waals surface area contributed by atoms with Crippen LogP contribution < -0.4 is 20.7 Å². The summed E-state index contributed by atoms with van der Waals surface area (Å²) in [6, 6.07) is 17.8. The highest BCUT2D eigenvalue weighted by Gasteiger charge is 2.09. The van der Waals surface area contributed by atoms with Crippen LogP contribution in [0.25, 0.3) is 0 Å². The van der Waals surface area contributed by atoms with Gasteiger partial charge in [0, 0.05) is 16.9 Å². The summed E-state index contributed by atoms with van der Waals surface area (Å²) in [6.45, 7) is 3.13. The number of carbonyl (C=O) groups excluding carboxylic acids is 2. The molecule has 0 aliphatic heterocycles. The molecule has 3 aromatic rings. The fraction of sp³-hybridized carbons (Fsp3) is 0.217. The van der Waals surface area contributed by atoms with Crippen molar-refractivity contribution in [3.63, 3.8) is 0 Å². The van der Waals surface area contributed by atoms with Gasteiger partial charge in [-0.15, -0.1) is 0 Å². The molecule has 156 valence electrons. The maximum Gasteiger partial charge on any atom is 0.251 e. The topological polar surface area (TPSA) is 92.6 Å². The number of carbonyl (C=O) groups is 2. The number of benzene rings is 2. The molecule has 1 heterocycles. The minimum absolute atomic E-state index is 0.101. The van der Waals surface area contributed by atoms with Gasteiger partial charge in [0.25, 0.3) is 5.91 Å². The van der Waals surface area contributed by atoms with Gasteiger partial charge in [0.05, 0.1) is 26.0 Å². The van der Waals surface area contributed by atoms with Crippen molar-refractivity contribution >= 4 is 23.2 Å². The van der Waals surface area contributed by atoms with Crippen LogP contribution in [0.3, 0.4) is 0 Å². The van der Waals surface area contributed by atoms with Crippen LogP contribution in [0.1, 0.15) is 29.5 Å². The van der Waals surface area contributed by atoms with Crippen LogP contribution in [0.5, 0.6) is 5.75 Å². The Morgan fingerprint density at radius 3 is 2.57 bits per heavy atom. The highest BCUT2D eigenvalue weighted by Crippen LogP contribution is 2.16. The Hall–Kier alpha value is -3.74. The Labute approximate surface area is 175 Å². The molecule has 0 radical (unpaired) electrons. The van der Waals surface area contributed by atoms with Gasteiger partial charge < -0.3 is 25.1 Å². The first-order valence-electron chi connectivity index (χ1n) is 9.81. The van der Waals surface area contributed by atoms with Crippen LogP contribution in [0.2, 0.25) is 0 Å². The Morgan fingerprint density at radius 2 is 1.83 bits per heavy atom. The molecule has 0 aliphatic carbocycles. The maximum atomic E-state index is 12.3. The highest BCUT2D eigenvalue weighted by molar-refractivity contribution is 5.98. The van der Waals surface area contributed by atoms with Gasteiger partial charge in [0.15, 0.2) is 0 Å². The van der Waals surface area contributed by atoms with Crippen molar-refractivity contribution in [3.05, 3.63) is 78.3 Å². The van der Waals surface area contributed by atoms with E-state index in [4.69, 9.17) is 9.15 Å². The van der Waals surface area contributed by atoms with E-state index in [0.717, 1.165) is 17.9 Å². The standard InChI is InChI=1S/C23H25N3O4/c1-2-12-29-20-10-8-18(9-11-20)24-16-22(27)26-19-6-3-5-17(14-19)23(28)25-15-21-7-4-13-30-21/h3-11,13-14,24H,2,12,15-16H2,1H3,(H,25,28)(H,26,27). The third kappa shape index (κ3) is 6.41. The first-order chi connectivity index (χ1) is 14.6. The Bertz CT molecular complexity index is 953. The van der Waals surface area contributed by atoms with Gasteiger partial charge in [-0.3, -0.25) is 9.59 Å². The normalized spacial score (nSPS) is 10.3. The van der Waals surface area contributed by atoms with Crippen LogP contribution in [-0.2, 0) is 11.3 Å². The van der Waals surface area contributed by atoms with Gasteiger partial charge in [-0.25, -0.2) is 0 Å². The van der Waals surface area contributed by atoms with Crippen molar-refractivity contribution in [2.24, 2.45) is 0 Å². The van der Waals surface area contributed by atoms with Gasteiger partial charge in [-0.05, 0) is 61.0 Å². The fourth-order valence-electron chi connectivity index (χ4n) is 2.70. The molecule has 0 bridgehead atoms. The van der Waals surface area contributed by atoms with Gasteiger partial charge in [-0.1, -0.05) is 13.0 Å². The molecule has 1 aromatic heterocycles. The van der Waals surface area contributed by atoms with Gasteiger partial charge in [0.2, 0.25) is 5.91 Å². The van der Waals surface area contributed by atoms with Crippen molar-refractivity contribution in [2.75, 3.05) is 23.8 Å². The Morgan fingerprint density at radius 1 is 1.00 bits per heavy atom. The predicted octanol–water partition coefficient (Wildman–Crippen LogP) is 4.05. The zero-order valence-electron chi connectivity index (χ0n) is 16.8. The third-order valence-corrected chi connectivity index (χ3v) is 4.19. The smallest absolute Gasteiger partial charge is 0.251 e. The molecule has 0 atom stereocenters. The van der Waals surface area contributed by atoms with Crippen LogP contribution in [0, 0.1) is 0 Å². The molecule has 0 spiro atoms. The maximum absolute atomic E-state index is 12.3. The minimum atomic E-state index is -0.244. The van der Waals surface area contributed by atoms with E-state index in [0.29, 0.717) is 30.2 Å². The first-order valence-corrected chi connectivity index (χ1v) is 9.81. The summed E-state index contributed by atoms with van der Waals surface area (Å²) in [7, 11) is 0. The molecule has 0 fully saturated rings. The summed E-state index contributed by atoms with van der Waals surface area (Å²) in [4.78, 5) is 24.5. The molecule has 3 rings (SSSR count). The monoisotopic (exact) mass is 407 g/mol. The summed E-state index contributed by atoms with van der Waals surface area (Å²) >= 11 is 0. The number of hydrogen-bond donors (Lipinski definition) is 3. The molecule has 7 heteroatoms. The lowest BCUT2D eigenvalue weighted by molar-refractivity contribution is -0.114. The number of rotatable bonds is 10. The zero-order chi connectivity index (χ0) is 21.2. The molecule has 3 N–H and O–H groups in total. The van der Waals surface area contributed by atoms with Crippen LogP contribution in [0.4, 0.5) is 11.4 Å². The number of hydrogen-bond acceptors (Lipinski definition) is 5. The summed E-state index contributed by atoms with van der Waals surface area (Å²) in [5.74, 6) is 1.01. The molecular weight excluding hydrogens is 382 g/mol. The first kappa shape index (κ1) is 21.0. The molecule has 2 aromatic carbocycles. The molecule has 2 amide bonds. The summed E-state index contributed by atoms with van der Waals surface area (Å²) in [6.07, 6.45) is 2.51. The quantitative estimate of drug-likeness (QED) is 0.472.